The Morgan fingerprint density at radius 2 is 2.15 bits per heavy atom. The molecule has 8 heteroatoms. The first-order valence-electron chi connectivity index (χ1n) is 8.73. The van der Waals surface area contributed by atoms with Gasteiger partial charge in [-0.15, -0.1) is 0 Å². The Morgan fingerprint density at radius 1 is 1.38 bits per heavy atom. The van der Waals surface area contributed by atoms with Crippen LogP contribution >= 0.6 is 0 Å². The number of hydrogen-bond donors (Lipinski definition) is 2. The van der Waals surface area contributed by atoms with Crippen LogP contribution in [0.4, 0.5) is 16.2 Å². The molecule has 0 fully saturated rings. The predicted molar refractivity (Wildman–Crippen MR) is 106 cm³/mol. The molecule has 0 radical (unpaired) electrons. The van der Waals surface area contributed by atoms with Gasteiger partial charge in [0.05, 0.1) is 17.1 Å². The number of nitrogens with one attached hydrogen (secondary N) is 1. The lowest BCUT2D eigenvalue weighted by Gasteiger charge is -2.28. The second kappa shape index (κ2) is 7.12. The molecule has 2 aromatic rings. The first-order valence-corrected chi connectivity index (χ1v) is 12.4. The number of carbonyl (C=O) groups is 1. The van der Waals surface area contributed by atoms with E-state index in [2.05, 4.69) is 30.1 Å². The highest BCUT2D eigenvalue weighted by atomic mass is 28.3. The third-order valence-electron chi connectivity index (χ3n) is 4.38. The van der Waals surface area contributed by atoms with Crippen LogP contribution in [0.3, 0.4) is 0 Å². The van der Waals surface area contributed by atoms with Gasteiger partial charge >= 0.3 is 6.09 Å². The highest BCUT2D eigenvalue weighted by Gasteiger charge is 2.26. The van der Waals surface area contributed by atoms with Crippen molar-refractivity contribution in [2.24, 2.45) is 0 Å². The first-order chi connectivity index (χ1) is 12.2. The van der Waals surface area contributed by atoms with E-state index in [0.29, 0.717) is 19.0 Å². The molecule has 1 aliphatic rings. The quantitative estimate of drug-likeness (QED) is 0.592. The number of fused-ring (bicyclic) bond motifs is 3. The molecule has 0 unspecified atom stereocenters. The van der Waals surface area contributed by atoms with Gasteiger partial charge in [0.2, 0.25) is 0 Å². The minimum Gasteiger partial charge on any atom is -0.465 e. The highest BCUT2D eigenvalue weighted by molar-refractivity contribution is 6.76. The zero-order valence-corrected chi connectivity index (χ0v) is 16.7. The smallest absolute Gasteiger partial charge is 0.409 e. The van der Waals surface area contributed by atoms with Gasteiger partial charge in [-0.05, 0) is 12.1 Å². The van der Waals surface area contributed by atoms with Gasteiger partial charge in [0.15, 0.2) is 0 Å². The summed E-state index contributed by atoms with van der Waals surface area (Å²) in [5.41, 5.74) is 4.36. The average Bonchev–Trinajstić information content (AvgIpc) is 2.93. The topological polar surface area (TPSA) is 79.6 Å². The Kier molecular flexibility index (Phi) is 5.06. The molecular weight excluding hydrogens is 348 g/mol. The molecule has 0 atom stereocenters. The molecule has 3 rings (SSSR count). The number of benzene rings is 1. The summed E-state index contributed by atoms with van der Waals surface area (Å²) in [4.78, 5) is 13.1. The molecule has 1 aliphatic heterocycles. The van der Waals surface area contributed by atoms with Crippen LogP contribution < -0.4 is 10.2 Å². The molecule has 1 aromatic carbocycles. The van der Waals surface area contributed by atoms with Crippen molar-refractivity contribution in [1.82, 2.24) is 9.78 Å². The molecule has 0 bridgehead atoms. The lowest BCUT2D eigenvalue weighted by atomic mass is 9.99. The summed E-state index contributed by atoms with van der Waals surface area (Å²) in [6.07, 6.45) is 0.944. The van der Waals surface area contributed by atoms with Crippen molar-refractivity contribution >= 4 is 25.5 Å². The van der Waals surface area contributed by atoms with Crippen molar-refractivity contribution in [3.05, 3.63) is 30.0 Å². The van der Waals surface area contributed by atoms with Crippen LogP contribution in [0.25, 0.3) is 11.3 Å². The van der Waals surface area contributed by atoms with Gasteiger partial charge < -0.3 is 14.7 Å². The standard InChI is InChI=1S/C18H26N4O3Si/c1-21-10-13-11-22(12-25-8-9-26(2,3)4)20-16(13)14-6-5-7-15(17(14)21)19-18(23)24/h5-7,11,19H,8-10,12H2,1-4H3,(H,23,24). The lowest BCUT2D eigenvalue weighted by Crippen LogP contribution is -2.23. The minimum absolute atomic E-state index is 0.434. The second-order valence-electron chi connectivity index (χ2n) is 7.88. The van der Waals surface area contributed by atoms with E-state index in [1.54, 1.807) is 6.07 Å². The summed E-state index contributed by atoms with van der Waals surface area (Å²) in [5.74, 6) is 0. The predicted octanol–water partition coefficient (Wildman–Crippen LogP) is 3.90. The summed E-state index contributed by atoms with van der Waals surface area (Å²) in [6.45, 7) is 8.86. The third kappa shape index (κ3) is 4.08. The largest absolute Gasteiger partial charge is 0.465 e. The summed E-state index contributed by atoms with van der Waals surface area (Å²) in [6, 6.07) is 6.71. The van der Waals surface area contributed by atoms with Crippen LogP contribution in [-0.2, 0) is 18.0 Å². The summed E-state index contributed by atoms with van der Waals surface area (Å²) >= 11 is 0. The number of amides is 1. The summed E-state index contributed by atoms with van der Waals surface area (Å²) < 4.78 is 7.62. The van der Waals surface area contributed by atoms with Crippen LogP contribution in [0.1, 0.15) is 5.56 Å². The Balaban J connectivity index is 1.80. The second-order valence-corrected chi connectivity index (χ2v) is 13.5. The summed E-state index contributed by atoms with van der Waals surface area (Å²) in [5, 5.41) is 16.2. The molecule has 140 valence electrons. The molecule has 0 aliphatic carbocycles. The molecule has 1 amide bonds. The Morgan fingerprint density at radius 3 is 2.85 bits per heavy atom. The number of rotatable bonds is 6. The van der Waals surface area contributed by atoms with Crippen LogP contribution in [0.2, 0.25) is 25.7 Å². The number of hydrogen-bond acceptors (Lipinski definition) is 4. The van der Waals surface area contributed by atoms with Crippen molar-refractivity contribution in [2.75, 3.05) is 23.9 Å². The van der Waals surface area contributed by atoms with E-state index in [4.69, 9.17) is 9.84 Å². The zero-order valence-electron chi connectivity index (χ0n) is 15.7. The van der Waals surface area contributed by atoms with Crippen molar-refractivity contribution in [3.63, 3.8) is 0 Å². The molecule has 2 N–H and O–H groups in total. The number of aromatic nitrogens is 2. The molecule has 0 spiro atoms. The van der Waals surface area contributed by atoms with E-state index in [0.717, 1.165) is 35.2 Å². The van der Waals surface area contributed by atoms with Crippen molar-refractivity contribution < 1.29 is 14.6 Å². The van der Waals surface area contributed by atoms with Crippen LogP contribution in [0, 0.1) is 0 Å². The normalized spacial score (nSPS) is 13.3. The van der Waals surface area contributed by atoms with E-state index in [1.807, 2.05) is 35.0 Å². The molecule has 7 nitrogen and oxygen atoms in total. The van der Waals surface area contributed by atoms with Crippen LogP contribution in [0.15, 0.2) is 24.4 Å². The van der Waals surface area contributed by atoms with Gasteiger partial charge in [-0.1, -0.05) is 31.8 Å². The molecular formula is C18H26N4O3Si. The lowest BCUT2D eigenvalue weighted by molar-refractivity contribution is 0.0787. The fraction of sp³-hybridized carbons (Fsp3) is 0.444. The SMILES string of the molecule is CN1Cc2cn(COCC[Si](C)(C)C)nc2-c2cccc(NC(=O)O)c21. The number of ether oxygens (including phenoxy) is 1. The van der Waals surface area contributed by atoms with Crippen molar-refractivity contribution in [3.8, 4) is 11.3 Å². The number of para-hydroxylation sites is 1. The maximum absolute atomic E-state index is 11.1. The molecule has 0 saturated heterocycles. The van der Waals surface area contributed by atoms with E-state index in [1.165, 1.54) is 0 Å². The van der Waals surface area contributed by atoms with Gasteiger partial charge in [0, 0.05) is 45.6 Å². The average molecular weight is 375 g/mol. The van der Waals surface area contributed by atoms with Crippen LogP contribution in [-0.4, -0.2) is 42.7 Å². The third-order valence-corrected chi connectivity index (χ3v) is 6.08. The van der Waals surface area contributed by atoms with Gasteiger partial charge in [-0.3, -0.25) is 5.32 Å². The maximum Gasteiger partial charge on any atom is 0.409 e. The van der Waals surface area contributed by atoms with Gasteiger partial charge in [-0.25, -0.2) is 9.48 Å². The van der Waals surface area contributed by atoms with Crippen LogP contribution in [0.5, 0.6) is 0 Å². The maximum atomic E-state index is 11.1. The fourth-order valence-corrected chi connectivity index (χ4v) is 3.86. The van der Waals surface area contributed by atoms with Gasteiger partial charge in [0.1, 0.15) is 6.73 Å². The summed E-state index contributed by atoms with van der Waals surface area (Å²) in [7, 11) is 0.857. The molecule has 26 heavy (non-hydrogen) atoms. The number of carboxylic acid groups (broad SMARTS) is 1. The molecule has 0 saturated carbocycles. The Labute approximate surface area is 154 Å². The zero-order chi connectivity index (χ0) is 18.9. The Bertz CT molecular complexity index is 813. The first kappa shape index (κ1) is 18.5. The number of anilines is 2. The van der Waals surface area contributed by atoms with E-state index >= 15 is 0 Å². The fourth-order valence-electron chi connectivity index (χ4n) is 3.10. The van der Waals surface area contributed by atoms with Crippen molar-refractivity contribution in [1.29, 1.82) is 0 Å². The van der Waals surface area contributed by atoms with Crippen molar-refractivity contribution in [2.45, 2.75) is 39.0 Å². The number of nitrogens with zero attached hydrogens (tertiary/aromatic N) is 3. The Hall–Kier alpha value is -2.32. The van der Waals surface area contributed by atoms with Gasteiger partial charge in [-0.2, -0.15) is 5.10 Å². The molecule has 1 aromatic heterocycles. The van der Waals surface area contributed by atoms with Gasteiger partial charge in [0.25, 0.3) is 0 Å². The molecule has 2 heterocycles. The van der Waals surface area contributed by atoms with E-state index in [9.17, 15) is 4.79 Å². The highest BCUT2D eigenvalue weighted by Crippen LogP contribution is 2.42. The minimum atomic E-state index is -1.10. The monoisotopic (exact) mass is 374 g/mol. The van der Waals surface area contributed by atoms with E-state index in [-0.39, 0.29) is 0 Å². The van der Waals surface area contributed by atoms with E-state index < -0.39 is 14.2 Å².